The molecule has 2 unspecified atom stereocenters. The fraction of sp³-hybridized carbons (Fsp3) is 0.364. The number of carbonyl (C=O) groups excluding carboxylic acids is 2. The third-order valence-electron chi connectivity index (χ3n) is 5.39. The van der Waals surface area contributed by atoms with Gasteiger partial charge < -0.3 is 9.47 Å². The number of hydrogen-bond donors (Lipinski definition) is 1. The number of amides is 2. The van der Waals surface area contributed by atoms with Gasteiger partial charge in [0.25, 0.3) is 11.8 Å². The van der Waals surface area contributed by atoms with Gasteiger partial charge in [-0.1, -0.05) is 36.4 Å². The van der Waals surface area contributed by atoms with Gasteiger partial charge >= 0.3 is 0 Å². The minimum absolute atomic E-state index is 0.0378. The summed E-state index contributed by atoms with van der Waals surface area (Å²) in [6, 6.07) is 13.8. The monoisotopic (exact) mass is 365 g/mol. The van der Waals surface area contributed by atoms with Crippen molar-refractivity contribution in [1.82, 2.24) is 5.32 Å². The number of nitrogens with one attached hydrogen (secondary N) is 1. The van der Waals surface area contributed by atoms with Crippen LogP contribution in [0.1, 0.15) is 56.4 Å². The van der Waals surface area contributed by atoms with Gasteiger partial charge in [0.1, 0.15) is 0 Å². The van der Waals surface area contributed by atoms with E-state index < -0.39 is 0 Å². The Balaban J connectivity index is 1.34. The van der Waals surface area contributed by atoms with E-state index in [1.165, 1.54) is 5.56 Å². The molecule has 2 aromatic carbocycles. The van der Waals surface area contributed by atoms with Gasteiger partial charge in [-0.3, -0.25) is 14.9 Å². The zero-order valence-corrected chi connectivity index (χ0v) is 15.4. The molecule has 0 aliphatic carbocycles. The Morgan fingerprint density at radius 1 is 1.07 bits per heavy atom. The van der Waals surface area contributed by atoms with Crippen LogP contribution in [0.5, 0.6) is 0 Å². The highest BCUT2D eigenvalue weighted by molar-refractivity contribution is 6.22. The Labute approximate surface area is 158 Å². The Kier molecular flexibility index (Phi) is 5.05. The zero-order valence-electron chi connectivity index (χ0n) is 15.4. The summed E-state index contributed by atoms with van der Waals surface area (Å²) in [5.74, 6) is -0.244. The molecule has 2 aliphatic rings. The van der Waals surface area contributed by atoms with Gasteiger partial charge in [-0.05, 0) is 42.5 Å². The predicted octanol–water partition coefficient (Wildman–Crippen LogP) is 3.56. The summed E-state index contributed by atoms with van der Waals surface area (Å²) in [4.78, 5) is 23.8. The van der Waals surface area contributed by atoms with Crippen LogP contribution in [0.15, 0.2) is 42.5 Å². The molecule has 0 bridgehead atoms. The molecule has 5 nitrogen and oxygen atoms in total. The third kappa shape index (κ3) is 3.66. The van der Waals surface area contributed by atoms with Crippen molar-refractivity contribution in [1.29, 1.82) is 0 Å². The molecule has 2 aliphatic heterocycles. The summed E-state index contributed by atoms with van der Waals surface area (Å²) in [5.41, 5.74) is 3.98. The van der Waals surface area contributed by atoms with Crippen molar-refractivity contribution in [3.8, 4) is 0 Å². The Hall–Kier alpha value is -2.50. The largest absolute Gasteiger partial charge is 0.376 e. The van der Waals surface area contributed by atoms with Crippen LogP contribution in [-0.4, -0.2) is 25.0 Å². The topological polar surface area (TPSA) is 64.6 Å². The summed E-state index contributed by atoms with van der Waals surface area (Å²) in [6.45, 7) is 3.83. The average Bonchev–Trinajstić information content (AvgIpc) is 2.98. The zero-order chi connectivity index (χ0) is 18.8. The first-order valence-electron chi connectivity index (χ1n) is 9.36. The summed E-state index contributed by atoms with van der Waals surface area (Å²) < 4.78 is 11.9. The molecule has 5 heteroatoms. The highest BCUT2D eigenvalue weighted by atomic mass is 16.5. The van der Waals surface area contributed by atoms with Crippen molar-refractivity contribution in [2.75, 3.05) is 13.2 Å². The molecule has 140 valence electrons. The van der Waals surface area contributed by atoms with Crippen LogP contribution in [0.3, 0.4) is 0 Å². The fourth-order valence-electron chi connectivity index (χ4n) is 3.89. The lowest BCUT2D eigenvalue weighted by atomic mass is 9.90. The normalized spacial score (nSPS) is 21.8. The molecule has 1 saturated heterocycles. The van der Waals surface area contributed by atoms with Gasteiger partial charge in [0.15, 0.2) is 0 Å². The van der Waals surface area contributed by atoms with Gasteiger partial charge in [-0.15, -0.1) is 0 Å². The van der Waals surface area contributed by atoms with E-state index in [0.29, 0.717) is 36.9 Å². The molecule has 0 saturated carbocycles. The van der Waals surface area contributed by atoms with Crippen molar-refractivity contribution in [3.63, 3.8) is 0 Å². The van der Waals surface area contributed by atoms with Crippen molar-refractivity contribution in [2.45, 2.75) is 32.5 Å². The van der Waals surface area contributed by atoms with Crippen molar-refractivity contribution >= 4 is 11.8 Å². The van der Waals surface area contributed by atoms with Crippen molar-refractivity contribution < 1.29 is 19.1 Å². The van der Waals surface area contributed by atoms with Crippen LogP contribution in [0, 0.1) is 12.8 Å². The highest BCUT2D eigenvalue weighted by Gasteiger charge is 2.32. The molecule has 2 atom stereocenters. The summed E-state index contributed by atoms with van der Waals surface area (Å²) >= 11 is 0. The fourth-order valence-corrected chi connectivity index (χ4v) is 3.89. The minimum Gasteiger partial charge on any atom is -0.376 e. The van der Waals surface area contributed by atoms with Gasteiger partial charge in [-0.25, -0.2) is 0 Å². The lowest BCUT2D eigenvalue weighted by molar-refractivity contribution is -0.0461. The van der Waals surface area contributed by atoms with Crippen LogP contribution in [0.2, 0.25) is 0 Å². The molecule has 27 heavy (non-hydrogen) atoms. The maximum atomic E-state index is 12.0. The second-order valence-electron chi connectivity index (χ2n) is 7.25. The van der Waals surface area contributed by atoms with Crippen LogP contribution in [0.4, 0.5) is 0 Å². The maximum Gasteiger partial charge on any atom is 0.259 e. The first kappa shape index (κ1) is 17.9. The van der Waals surface area contributed by atoms with E-state index >= 15 is 0 Å². The van der Waals surface area contributed by atoms with Gasteiger partial charge in [0.05, 0.1) is 37.1 Å². The van der Waals surface area contributed by atoms with E-state index in [-0.39, 0.29) is 17.9 Å². The van der Waals surface area contributed by atoms with Crippen molar-refractivity contribution in [2.24, 2.45) is 5.92 Å². The van der Waals surface area contributed by atoms with E-state index in [2.05, 4.69) is 17.4 Å². The van der Waals surface area contributed by atoms with Crippen LogP contribution >= 0.6 is 0 Å². The minimum atomic E-state index is -0.315. The SMILES string of the molecule is Cc1c(C2CCC(COCc3ccccc3)CO2)ccc2c1C(=O)NC2=O. The summed E-state index contributed by atoms with van der Waals surface area (Å²) in [7, 11) is 0. The van der Waals surface area contributed by atoms with Gasteiger partial charge in [0, 0.05) is 5.92 Å². The molecule has 0 spiro atoms. The first-order chi connectivity index (χ1) is 13.1. The molecule has 2 amide bonds. The Morgan fingerprint density at radius 2 is 1.89 bits per heavy atom. The molecule has 2 heterocycles. The Morgan fingerprint density at radius 3 is 2.63 bits per heavy atom. The number of ether oxygens (including phenoxy) is 2. The van der Waals surface area contributed by atoms with E-state index in [0.717, 1.165) is 24.0 Å². The second-order valence-corrected chi connectivity index (χ2v) is 7.25. The standard InChI is InChI=1S/C22H23NO4/c1-14-17(8-9-18-20(14)22(25)23-21(18)24)19-10-7-16(13-27-19)12-26-11-15-5-3-2-4-6-15/h2-6,8-9,16,19H,7,10-13H2,1H3,(H,23,24,25). The number of fused-ring (bicyclic) bond motifs is 1. The van der Waals surface area contributed by atoms with E-state index in [1.54, 1.807) is 6.07 Å². The number of hydrogen-bond acceptors (Lipinski definition) is 4. The third-order valence-corrected chi connectivity index (χ3v) is 5.39. The Bertz CT molecular complexity index is 854. The van der Waals surface area contributed by atoms with E-state index in [1.807, 2.05) is 31.2 Å². The van der Waals surface area contributed by atoms with Crippen LogP contribution in [0.25, 0.3) is 0 Å². The van der Waals surface area contributed by atoms with Crippen LogP contribution in [-0.2, 0) is 16.1 Å². The smallest absolute Gasteiger partial charge is 0.259 e. The maximum absolute atomic E-state index is 12.0. The molecule has 0 aromatic heterocycles. The lowest BCUT2D eigenvalue weighted by Crippen LogP contribution is -2.25. The predicted molar refractivity (Wildman–Crippen MR) is 100 cm³/mol. The number of carbonyl (C=O) groups is 2. The van der Waals surface area contributed by atoms with E-state index in [4.69, 9.17) is 9.47 Å². The highest BCUT2D eigenvalue weighted by Crippen LogP contribution is 2.35. The molecule has 0 radical (unpaired) electrons. The summed E-state index contributed by atoms with van der Waals surface area (Å²) in [5, 5.41) is 2.36. The first-order valence-corrected chi connectivity index (χ1v) is 9.36. The van der Waals surface area contributed by atoms with Gasteiger partial charge in [0.2, 0.25) is 0 Å². The van der Waals surface area contributed by atoms with Crippen molar-refractivity contribution in [3.05, 3.63) is 70.3 Å². The van der Waals surface area contributed by atoms with Crippen LogP contribution < -0.4 is 5.32 Å². The molecular formula is C22H23NO4. The molecule has 2 aromatic rings. The quantitative estimate of drug-likeness (QED) is 0.823. The lowest BCUT2D eigenvalue weighted by Gasteiger charge is -2.30. The second kappa shape index (κ2) is 7.62. The number of imide groups is 1. The van der Waals surface area contributed by atoms with E-state index in [9.17, 15) is 9.59 Å². The summed E-state index contributed by atoms with van der Waals surface area (Å²) in [6.07, 6.45) is 1.86. The number of rotatable bonds is 5. The number of benzene rings is 2. The molecule has 1 fully saturated rings. The van der Waals surface area contributed by atoms with Gasteiger partial charge in [-0.2, -0.15) is 0 Å². The molecular weight excluding hydrogens is 342 g/mol. The average molecular weight is 365 g/mol. The molecule has 1 N–H and O–H groups in total. The molecule has 4 rings (SSSR count).